The van der Waals surface area contributed by atoms with Crippen molar-refractivity contribution in [1.29, 1.82) is 0 Å². The van der Waals surface area contributed by atoms with Gasteiger partial charge in [0.05, 0.1) is 23.0 Å². The van der Waals surface area contributed by atoms with Crippen LogP contribution in [0.4, 0.5) is 11.5 Å². The van der Waals surface area contributed by atoms with E-state index >= 15 is 0 Å². The van der Waals surface area contributed by atoms with Crippen LogP contribution in [0.2, 0.25) is 0 Å². The number of hydrogen-bond donors (Lipinski definition) is 1. The number of nitrogens with zero attached hydrogens (tertiary/aromatic N) is 6. The number of thiophene rings is 1. The van der Waals surface area contributed by atoms with Crippen molar-refractivity contribution in [2.24, 2.45) is 13.0 Å². The Morgan fingerprint density at radius 3 is 2.71 bits per heavy atom. The monoisotopic (exact) mass is 435 g/mol. The minimum absolute atomic E-state index is 0.0235. The standard InChI is InChI=1S/C22H25N7OS/c1-12-14(3)31-22-18(12)20(24-11-25-22)29-7-5-15(6-8-29)21(30)26-16-9-17-13(2)27-28(4)19(17)23-10-16/h9-11,15H,5-8H2,1-4H3,(H,26,30). The highest BCUT2D eigenvalue weighted by molar-refractivity contribution is 7.18. The topological polar surface area (TPSA) is 88.8 Å². The zero-order chi connectivity index (χ0) is 21.7. The quantitative estimate of drug-likeness (QED) is 0.527. The molecule has 1 aliphatic rings. The molecule has 1 N–H and O–H groups in total. The summed E-state index contributed by atoms with van der Waals surface area (Å²) in [6.45, 7) is 7.82. The average molecular weight is 436 g/mol. The Balaban J connectivity index is 1.29. The number of rotatable bonds is 3. The van der Waals surface area contributed by atoms with Crippen LogP contribution >= 0.6 is 11.3 Å². The van der Waals surface area contributed by atoms with Crippen molar-refractivity contribution in [3.8, 4) is 0 Å². The number of piperidine rings is 1. The maximum absolute atomic E-state index is 12.9. The highest BCUT2D eigenvalue weighted by atomic mass is 32.1. The van der Waals surface area contributed by atoms with Crippen LogP contribution in [-0.4, -0.2) is 43.7 Å². The molecule has 0 unspecified atom stereocenters. The third-order valence-electron chi connectivity index (χ3n) is 6.24. The Hall–Kier alpha value is -3.07. The number of hydrogen-bond acceptors (Lipinski definition) is 7. The van der Waals surface area contributed by atoms with Gasteiger partial charge in [-0.25, -0.2) is 15.0 Å². The van der Waals surface area contributed by atoms with Gasteiger partial charge < -0.3 is 10.2 Å². The number of amides is 1. The van der Waals surface area contributed by atoms with Crippen molar-refractivity contribution in [2.45, 2.75) is 33.6 Å². The first-order chi connectivity index (χ1) is 14.9. The average Bonchev–Trinajstić information content (AvgIpc) is 3.22. The van der Waals surface area contributed by atoms with Crippen LogP contribution < -0.4 is 10.2 Å². The van der Waals surface area contributed by atoms with Gasteiger partial charge in [0, 0.05) is 36.3 Å². The maximum atomic E-state index is 12.9. The molecule has 0 radical (unpaired) electrons. The van der Waals surface area contributed by atoms with Gasteiger partial charge >= 0.3 is 0 Å². The molecule has 0 aliphatic carbocycles. The first-order valence-corrected chi connectivity index (χ1v) is 11.3. The zero-order valence-electron chi connectivity index (χ0n) is 18.1. The number of aromatic nitrogens is 5. The summed E-state index contributed by atoms with van der Waals surface area (Å²) in [6, 6.07) is 1.96. The van der Waals surface area contributed by atoms with Crippen LogP contribution in [0.3, 0.4) is 0 Å². The van der Waals surface area contributed by atoms with Crippen molar-refractivity contribution in [1.82, 2.24) is 24.7 Å². The number of pyridine rings is 1. The molecule has 1 aliphatic heterocycles. The molecule has 0 atom stereocenters. The Labute approximate surface area is 184 Å². The van der Waals surface area contributed by atoms with Crippen LogP contribution in [0.5, 0.6) is 0 Å². The van der Waals surface area contributed by atoms with Crippen molar-refractivity contribution in [2.75, 3.05) is 23.3 Å². The Bertz CT molecular complexity index is 1300. The van der Waals surface area contributed by atoms with Crippen LogP contribution in [0.1, 0.15) is 29.0 Å². The molecule has 4 aromatic heterocycles. The molecule has 5 rings (SSSR count). The van der Waals surface area contributed by atoms with Crippen LogP contribution in [0.25, 0.3) is 21.3 Å². The van der Waals surface area contributed by atoms with E-state index in [0.717, 1.165) is 64.4 Å². The van der Waals surface area contributed by atoms with E-state index in [1.54, 1.807) is 28.5 Å². The number of aryl methyl sites for hydroxylation is 4. The third kappa shape index (κ3) is 3.42. The lowest BCUT2D eigenvalue weighted by Gasteiger charge is -2.32. The predicted octanol–water partition coefficient (Wildman–Crippen LogP) is 3.75. The molecule has 0 saturated carbocycles. The summed E-state index contributed by atoms with van der Waals surface area (Å²) in [5.41, 5.74) is 3.70. The van der Waals surface area contributed by atoms with Crippen LogP contribution in [-0.2, 0) is 11.8 Å². The minimum atomic E-state index is -0.0235. The molecule has 9 heteroatoms. The molecule has 5 heterocycles. The van der Waals surface area contributed by atoms with Gasteiger partial charge in [0.2, 0.25) is 5.91 Å². The lowest BCUT2D eigenvalue weighted by molar-refractivity contribution is -0.120. The molecule has 0 bridgehead atoms. The van der Waals surface area contributed by atoms with Gasteiger partial charge in [-0.15, -0.1) is 11.3 Å². The van der Waals surface area contributed by atoms with E-state index in [2.05, 4.69) is 44.1 Å². The molecule has 0 spiro atoms. The zero-order valence-corrected chi connectivity index (χ0v) is 19.0. The molecular formula is C22H25N7OS. The predicted molar refractivity (Wildman–Crippen MR) is 124 cm³/mol. The second-order valence-electron chi connectivity index (χ2n) is 8.22. The van der Waals surface area contributed by atoms with Gasteiger partial charge in [-0.2, -0.15) is 5.10 Å². The molecule has 1 amide bonds. The Morgan fingerprint density at radius 1 is 1.16 bits per heavy atom. The first-order valence-electron chi connectivity index (χ1n) is 10.5. The van der Waals surface area contributed by atoms with Gasteiger partial charge in [-0.05, 0) is 45.2 Å². The van der Waals surface area contributed by atoms with Gasteiger partial charge in [-0.3, -0.25) is 9.48 Å². The third-order valence-corrected chi connectivity index (χ3v) is 7.36. The maximum Gasteiger partial charge on any atom is 0.227 e. The van der Waals surface area contributed by atoms with Crippen molar-refractivity contribution < 1.29 is 4.79 Å². The SMILES string of the molecule is Cc1sc2ncnc(N3CCC(C(=O)Nc4cnc5c(c4)c(C)nn5C)CC3)c2c1C. The number of carbonyl (C=O) groups excluding carboxylic acids is 1. The van der Waals surface area contributed by atoms with E-state index < -0.39 is 0 Å². The van der Waals surface area contributed by atoms with E-state index in [-0.39, 0.29) is 11.8 Å². The summed E-state index contributed by atoms with van der Waals surface area (Å²) in [5.74, 6) is 1.02. The van der Waals surface area contributed by atoms with Gasteiger partial charge in [0.1, 0.15) is 17.0 Å². The molecule has 160 valence electrons. The summed E-state index contributed by atoms with van der Waals surface area (Å²) in [5, 5.41) is 9.56. The lowest BCUT2D eigenvalue weighted by atomic mass is 9.95. The molecule has 1 saturated heterocycles. The number of anilines is 2. The molecular weight excluding hydrogens is 410 g/mol. The fourth-order valence-electron chi connectivity index (χ4n) is 4.38. The van der Waals surface area contributed by atoms with Crippen molar-refractivity contribution in [3.63, 3.8) is 0 Å². The van der Waals surface area contributed by atoms with E-state index in [9.17, 15) is 4.79 Å². The Kier molecular flexibility index (Phi) is 4.85. The number of carbonyl (C=O) groups is 1. The Morgan fingerprint density at radius 2 is 1.94 bits per heavy atom. The molecule has 0 aromatic carbocycles. The smallest absolute Gasteiger partial charge is 0.227 e. The molecule has 31 heavy (non-hydrogen) atoms. The van der Waals surface area contributed by atoms with E-state index in [4.69, 9.17) is 0 Å². The highest BCUT2D eigenvalue weighted by Crippen LogP contribution is 2.35. The van der Waals surface area contributed by atoms with Crippen LogP contribution in [0.15, 0.2) is 18.6 Å². The van der Waals surface area contributed by atoms with E-state index in [0.29, 0.717) is 0 Å². The minimum Gasteiger partial charge on any atom is -0.356 e. The second-order valence-corrected chi connectivity index (χ2v) is 9.42. The summed E-state index contributed by atoms with van der Waals surface area (Å²) >= 11 is 1.71. The lowest BCUT2D eigenvalue weighted by Crippen LogP contribution is -2.38. The van der Waals surface area contributed by atoms with Gasteiger partial charge in [0.25, 0.3) is 0 Å². The molecule has 4 aromatic rings. The number of fused-ring (bicyclic) bond motifs is 2. The fourth-order valence-corrected chi connectivity index (χ4v) is 5.37. The van der Waals surface area contributed by atoms with E-state index in [1.807, 2.05) is 20.0 Å². The van der Waals surface area contributed by atoms with Crippen molar-refractivity contribution >= 4 is 50.0 Å². The fraction of sp³-hybridized carbons (Fsp3) is 0.409. The summed E-state index contributed by atoms with van der Waals surface area (Å²) < 4.78 is 1.76. The normalized spacial score (nSPS) is 15.2. The van der Waals surface area contributed by atoms with E-state index in [1.165, 1.54) is 10.4 Å². The molecule has 8 nitrogen and oxygen atoms in total. The summed E-state index contributed by atoms with van der Waals surface area (Å²) in [7, 11) is 1.87. The highest BCUT2D eigenvalue weighted by Gasteiger charge is 2.27. The summed E-state index contributed by atoms with van der Waals surface area (Å²) in [6.07, 6.45) is 4.94. The molecule has 1 fully saturated rings. The van der Waals surface area contributed by atoms with Gasteiger partial charge in [-0.1, -0.05) is 0 Å². The van der Waals surface area contributed by atoms with Gasteiger partial charge in [0.15, 0.2) is 5.65 Å². The van der Waals surface area contributed by atoms with Crippen LogP contribution in [0, 0.1) is 26.7 Å². The van der Waals surface area contributed by atoms with Crippen molar-refractivity contribution in [3.05, 3.63) is 34.7 Å². The first kappa shape index (κ1) is 19.9. The summed E-state index contributed by atoms with van der Waals surface area (Å²) in [4.78, 5) is 31.0. The number of nitrogens with one attached hydrogen (secondary N) is 1. The second kappa shape index (κ2) is 7.56. The largest absolute Gasteiger partial charge is 0.356 e.